The first kappa shape index (κ1) is 11.8. The molecular formula is C13H20N2. The zero-order valence-corrected chi connectivity index (χ0v) is 10.1. The summed E-state index contributed by atoms with van der Waals surface area (Å²) in [6, 6.07) is 8.39. The Balaban J connectivity index is 0.000000531. The molecule has 0 atom stereocenters. The van der Waals surface area contributed by atoms with Crippen molar-refractivity contribution in [1.29, 1.82) is 0 Å². The predicted molar refractivity (Wildman–Crippen MR) is 66.1 cm³/mol. The standard InChI is InChI=1S/C11H14N2.C2H6/c1-3-8-13-11-7-5-4-6-10(11)9(2)12-13;1-2/h4-7H,3,8H2,1-2H3;1-2H3. The van der Waals surface area contributed by atoms with Crippen LogP contribution in [0.15, 0.2) is 24.3 Å². The van der Waals surface area contributed by atoms with Gasteiger partial charge in [-0.1, -0.05) is 39.0 Å². The Morgan fingerprint density at radius 2 is 1.87 bits per heavy atom. The van der Waals surface area contributed by atoms with Gasteiger partial charge in [-0.05, 0) is 19.4 Å². The minimum absolute atomic E-state index is 1.01. The maximum absolute atomic E-state index is 4.50. The summed E-state index contributed by atoms with van der Waals surface area (Å²) in [7, 11) is 0. The summed E-state index contributed by atoms with van der Waals surface area (Å²) in [5.41, 5.74) is 2.38. The molecule has 0 saturated carbocycles. The zero-order chi connectivity index (χ0) is 11.3. The lowest BCUT2D eigenvalue weighted by Crippen LogP contribution is -1.98. The van der Waals surface area contributed by atoms with Gasteiger partial charge in [-0.2, -0.15) is 5.10 Å². The summed E-state index contributed by atoms with van der Waals surface area (Å²) >= 11 is 0. The second kappa shape index (κ2) is 5.54. The van der Waals surface area contributed by atoms with Crippen molar-refractivity contribution in [2.24, 2.45) is 0 Å². The number of fused-ring (bicyclic) bond motifs is 1. The van der Waals surface area contributed by atoms with E-state index in [-0.39, 0.29) is 0 Å². The van der Waals surface area contributed by atoms with Crippen molar-refractivity contribution in [2.75, 3.05) is 0 Å². The fourth-order valence-electron chi connectivity index (χ4n) is 1.68. The van der Waals surface area contributed by atoms with Crippen LogP contribution in [0.2, 0.25) is 0 Å². The molecule has 0 unspecified atom stereocenters. The van der Waals surface area contributed by atoms with Gasteiger partial charge in [-0.3, -0.25) is 4.68 Å². The van der Waals surface area contributed by atoms with E-state index in [0.717, 1.165) is 18.7 Å². The molecule has 82 valence electrons. The monoisotopic (exact) mass is 204 g/mol. The van der Waals surface area contributed by atoms with Gasteiger partial charge >= 0.3 is 0 Å². The van der Waals surface area contributed by atoms with Gasteiger partial charge in [0.25, 0.3) is 0 Å². The Morgan fingerprint density at radius 1 is 1.20 bits per heavy atom. The zero-order valence-electron chi connectivity index (χ0n) is 10.1. The number of aromatic nitrogens is 2. The fraction of sp³-hybridized carbons (Fsp3) is 0.462. The highest BCUT2D eigenvalue weighted by Gasteiger charge is 2.04. The molecule has 1 aromatic carbocycles. The van der Waals surface area contributed by atoms with Gasteiger partial charge in [0, 0.05) is 11.9 Å². The topological polar surface area (TPSA) is 17.8 Å². The molecule has 2 aromatic rings. The van der Waals surface area contributed by atoms with Crippen LogP contribution < -0.4 is 0 Å². The van der Waals surface area contributed by atoms with Crippen molar-refractivity contribution in [1.82, 2.24) is 9.78 Å². The summed E-state index contributed by atoms with van der Waals surface area (Å²) in [5.74, 6) is 0. The van der Waals surface area contributed by atoms with Crippen LogP contribution in [0.4, 0.5) is 0 Å². The van der Waals surface area contributed by atoms with E-state index in [1.165, 1.54) is 10.9 Å². The van der Waals surface area contributed by atoms with Gasteiger partial charge in [0.1, 0.15) is 0 Å². The maximum Gasteiger partial charge on any atom is 0.0685 e. The fourth-order valence-corrected chi connectivity index (χ4v) is 1.68. The molecule has 1 aromatic heterocycles. The van der Waals surface area contributed by atoms with Gasteiger partial charge in [0.2, 0.25) is 0 Å². The van der Waals surface area contributed by atoms with E-state index in [1.807, 2.05) is 13.8 Å². The van der Waals surface area contributed by atoms with E-state index in [4.69, 9.17) is 0 Å². The number of hydrogen-bond acceptors (Lipinski definition) is 1. The molecule has 0 radical (unpaired) electrons. The summed E-state index contributed by atoms with van der Waals surface area (Å²) < 4.78 is 2.09. The lowest BCUT2D eigenvalue weighted by molar-refractivity contribution is 0.617. The third-order valence-corrected chi connectivity index (χ3v) is 2.28. The number of rotatable bonds is 2. The van der Waals surface area contributed by atoms with Gasteiger partial charge in [0.15, 0.2) is 0 Å². The van der Waals surface area contributed by atoms with E-state index in [2.05, 4.69) is 47.9 Å². The van der Waals surface area contributed by atoms with Crippen molar-refractivity contribution in [3.8, 4) is 0 Å². The molecule has 0 aliphatic rings. The number of aryl methyl sites for hydroxylation is 2. The van der Waals surface area contributed by atoms with Crippen LogP contribution in [0.1, 0.15) is 32.9 Å². The quantitative estimate of drug-likeness (QED) is 0.728. The van der Waals surface area contributed by atoms with Gasteiger partial charge in [0.05, 0.1) is 11.2 Å². The Bertz CT molecular complexity index is 415. The first-order chi connectivity index (χ1) is 7.33. The third kappa shape index (κ3) is 2.38. The van der Waals surface area contributed by atoms with Crippen molar-refractivity contribution >= 4 is 10.9 Å². The Labute approximate surface area is 91.9 Å². The first-order valence-corrected chi connectivity index (χ1v) is 5.75. The summed E-state index contributed by atoms with van der Waals surface area (Å²) in [4.78, 5) is 0. The SMILES string of the molecule is CC.CCCn1nc(C)c2ccccc21. The highest BCUT2D eigenvalue weighted by atomic mass is 15.3. The molecule has 0 amide bonds. The molecule has 0 N–H and O–H groups in total. The molecule has 15 heavy (non-hydrogen) atoms. The molecule has 2 nitrogen and oxygen atoms in total. The molecule has 2 heteroatoms. The molecule has 0 aliphatic heterocycles. The van der Waals surface area contributed by atoms with Crippen molar-refractivity contribution in [2.45, 2.75) is 40.7 Å². The van der Waals surface area contributed by atoms with Crippen LogP contribution in [-0.4, -0.2) is 9.78 Å². The Morgan fingerprint density at radius 3 is 2.53 bits per heavy atom. The summed E-state index contributed by atoms with van der Waals surface area (Å²) in [5, 5.41) is 5.77. The summed E-state index contributed by atoms with van der Waals surface area (Å²) in [6.45, 7) is 9.24. The highest BCUT2D eigenvalue weighted by molar-refractivity contribution is 5.81. The van der Waals surface area contributed by atoms with Gasteiger partial charge in [-0.25, -0.2) is 0 Å². The molecular weight excluding hydrogens is 184 g/mol. The smallest absolute Gasteiger partial charge is 0.0685 e. The van der Waals surface area contributed by atoms with E-state index >= 15 is 0 Å². The number of nitrogens with zero attached hydrogens (tertiary/aromatic N) is 2. The van der Waals surface area contributed by atoms with Crippen molar-refractivity contribution in [3.63, 3.8) is 0 Å². The molecule has 0 bridgehead atoms. The molecule has 0 aliphatic carbocycles. The Kier molecular flexibility index (Phi) is 4.35. The van der Waals surface area contributed by atoms with Crippen LogP contribution in [-0.2, 0) is 6.54 Å². The number of hydrogen-bond donors (Lipinski definition) is 0. The van der Waals surface area contributed by atoms with Gasteiger partial charge in [-0.15, -0.1) is 0 Å². The molecule has 2 rings (SSSR count). The van der Waals surface area contributed by atoms with Crippen LogP contribution in [0.3, 0.4) is 0 Å². The van der Waals surface area contributed by atoms with Crippen molar-refractivity contribution < 1.29 is 0 Å². The molecule has 0 fully saturated rings. The maximum atomic E-state index is 4.50. The molecule has 1 heterocycles. The average Bonchev–Trinajstić information content (AvgIpc) is 2.61. The first-order valence-electron chi connectivity index (χ1n) is 5.75. The van der Waals surface area contributed by atoms with Crippen LogP contribution >= 0.6 is 0 Å². The minimum atomic E-state index is 1.01. The van der Waals surface area contributed by atoms with Crippen LogP contribution in [0.5, 0.6) is 0 Å². The van der Waals surface area contributed by atoms with Crippen molar-refractivity contribution in [3.05, 3.63) is 30.0 Å². The largest absolute Gasteiger partial charge is 0.265 e. The minimum Gasteiger partial charge on any atom is -0.265 e. The van der Waals surface area contributed by atoms with E-state index < -0.39 is 0 Å². The van der Waals surface area contributed by atoms with Crippen LogP contribution in [0.25, 0.3) is 10.9 Å². The second-order valence-corrected chi connectivity index (χ2v) is 3.33. The van der Waals surface area contributed by atoms with E-state index in [1.54, 1.807) is 0 Å². The number of para-hydroxylation sites is 1. The number of benzene rings is 1. The lowest BCUT2D eigenvalue weighted by atomic mass is 10.2. The average molecular weight is 204 g/mol. The van der Waals surface area contributed by atoms with Crippen LogP contribution in [0, 0.1) is 6.92 Å². The second-order valence-electron chi connectivity index (χ2n) is 3.33. The lowest BCUT2D eigenvalue weighted by Gasteiger charge is -1.98. The van der Waals surface area contributed by atoms with Gasteiger partial charge < -0.3 is 0 Å². The van der Waals surface area contributed by atoms with E-state index in [9.17, 15) is 0 Å². The predicted octanol–water partition coefficient (Wildman–Crippen LogP) is 3.78. The Hall–Kier alpha value is -1.31. The normalized spacial score (nSPS) is 9.87. The third-order valence-electron chi connectivity index (χ3n) is 2.28. The van der Waals surface area contributed by atoms with E-state index in [0.29, 0.717) is 0 Å². The molecule has 0 spiro atoms. The molecule has 0 saturated heterocycles. The summed E-state index contributed by atoms with van der Waals surface area (Å²) in [6.07, 6.45) is 1.13. The highest BCUT2D eigenvalue weighted by Crippen LogP contribution is 2.17.